The van der Waals surface area contributed by atoms with Gasteiger partial charge in [-0.25, -0.2) is 0 Å². The summed E-state index contributed by atoms with van der Waals surface area (Å²) in [6, 6.07) is 0. The van der Waals surface area contributed by atoms with Crippen LogP contribution >= 0.6 is 0 Å². The summed E-state index contributed by atoms with van der Waals surface area (Å²) in [6.45, 7) is 10.9. The molecule has 6 fully saturated rings. The standard InChI is InChI=1S/C27H40O5/c1-14-6-7-20(31)32-16-11-24(4)22-15(28)10-17-23(2,3)18(29)8-9-26(17)13-27(22,26)12-19(30)25(24,5)21(14)16/h14-17,19,21-22,28,30H,6-13H2,1-5H3/t14-,15+,16-,17+,19-,21+,22+,24+,25-,26-,27-/m1/s1. The summed E-state index contributed by atoms with van der Waals surface area (Å²) in [5.74, 6) is 0.911. The monoisotopic (exact) mass is 444 g/mol. The van der Waals surface area contributed by atoms with Crippen LogP contribution in [-0.2, 0) is 14.3 Å². The van der Waals surface area contributed by atoms with Gasteiger partial charge in [-0.2, -0.15) is 0 Å². The Bertz CT molecular complexity index is 896. The summed E-state index contributed by atoms with van der Waals surface area (Å²) < 4.78 is 6.01. The molecule has 0 aromatic rings. The van der Waals surface area contributed by atoms with Gasteiger partial charge in [-0.1, -0.05) is 34.6 Å². The van der Waals surface area contributed by atoms with Crippen molar-refractivity contribution >= 4 is 11.8 Å². The summed E-state index contributed by atoms with van der Waals surface area (Å²) in [6.07, 6.45) is 4.80. The Morgan fingerprint density at radius 2 is 1.72 bits per heavy atom. The number of ketones is 1. The maximum absolute atomic E-state index is 12.8. The Balaban J connectivity index is 1.47. The highest BCUT2D eigenvalue weighted by Crippen LogP contribution is 2.88. The largest absolute Gasteiger partial charge is 0.462 e. The molecule has 0 unspecified atom stereocenters. The highest BCUT2D eigenvalue weighted by atomic mass is 16.5. The van der Waals surface area contributed by atoms with E-state index in [9.17, 15) is 19.8 Å². The molecule has 1 aliphatic heterocycles. The third-order valence-corrected chi connectivity index (χ3v) is 12.6. The Labute approximate surface area is 191 Å². The minimum absolute atomic E-state index is 0.0621. The Kier molecular flexibility index (Phi) is 4.05. The predicted octanol–water partition coefficient (Wildman–Crippen LogP) is 3.89. The number of hydrogen-bond acceptors (Lipinski definition) is 5. The molecule has 6 rings (SSSR count). The van der Waals surface area contributed by atoms with Gasteiger partial charge in [-0.3, -0.25) is 9.59 Å². The van der Waals surface area contributed by atoms with Gasteiger partial charge >= 0.3 is 5.97 Å². The van der Waals surface area contributed by atoms with E-state index in [4.69, 9.17) is 4.74 Å². The molecule has 0 aromatic carbocycles. The van der Waals surface area contributed by atoms with E-state index in [-0.39, 0.29) is 46.1 Å². The SMILES string of the molecule is C[C@@H]1CCC(=O)O[C@@H]2C[C@@]3(C)[C@@H]4[C@@H](O)C[C@H]5C(C)(C)C(=O)CC[C@@]56C[C@]46C[C@@H](O)[C@]3(C)[C@@H]12. The van der Waals surface area contributed by atoms with Crippen molar-refractivity contribution in [2.24, 2.45) is 50.7 Å². The molecule has 0 aromatic heterocycles. The number of carbonyl (C=O) groups is 2. The molecular weight excluding hydrogens is 404 g/mol. The number of aliphatic hydroxyl groups is 2. The zero-order valence-corrected chi connectivity index (χ0v) is 20.3. The quantitative estimate of drug-likeness (QED) is 0.554. The Morgan fingerprint density at radius 3 is 2.44 bits per heavy atom. The molecule has 6 aliphatic rings. The lowest BCUT2D eigenvalue weighted by atomic mass is 9.40. The van der Waals surface area contributed by atoms with Gasteiger partial charge in [0, 0.05) is 29.6 Å². The van der Waals surface area contributed by atoms with Crippen LogP contribution in [0.4, 0.5) is 0 Å². The van der Waals surface area contributed by atoms with E-state index in [0.29, 0.717) is 37.4 Å². The van der Waals surface area contributed by atoms with E-state index >= 15 is 0 Å². The molecule has 2 spiro atoms. The summed E-state index contributed by atoms with van der Waals surface area (Å²) >= 11 is 0. The van der Waals surface area contributed by atoms with Gasteiger partial charge in [0.15, 0.2) is 0 Å². The van der Waals surface area contributed by atoms with Crippen LogP contribution in [0.5, 0.6) is 0 Å². The van der Waals surface area contributed by atoms with Crippen molar-refractivity contribution in [2.45, 2.75) is 104 Å². The van der Waals surface area contributed by atoms with Gasteiger partial charge in [0.1, 0.15) is 11.9 Å². The second kappa shape index (κ2) is 6.00. The molecular formula is C27H40O5. The van der Waals surface area contributed by atoms with E-state index in [0.717, 1.165) is 25.7 Å². The van der Waals surface area contributed by atoms with Gasteiger partial charge in [0.2, 0.25) is 0 Å². The lowest BCUT2D eigenvalue weighted by Gasteiger charge is -2.65. The zero-order chi connectivity index (χ0) is 23.1. The molecule has 5 aliphatic carbocycles. The second-order valence-corrected chi connectivity index (χ2v) is 13.7. The molecule has 5 saturated carbocycles. The van der Waals surface area contributed by atoms with Crippen molar-refractivity contribution in [3.05, 3.63) is 0 Å². The maximum atomic E-state index is 12.8. The molecule has 5 nitrogen and oxygen atoms in total. The van der Waals surface area contributed by atoms with E-state index in [1.54, 1.807) is 0 Å². The molecule has 0 bridgehead atoms. The highest BCUT2D eigenvalue weighted by molar-refractivity contribution is 5.86. The lowest BCUT2D eigenvalue weighted by molar-refractivity contribution is -0.226. The topological polar surface area (TPSA) is 83.8 Å². The molecule has 0 radical (unpaired) electrons. The van der Waals surface area contributed by atoms with E-state index in [1.807, 2.05) is 0 Å². The summed E-state index contributed by atoms with van der Waals surface area (Å²) in [5.41, 5.74) is -1.14. The molecule has 11 atom stereocenters. The molecule has 1 saturated heterocycles. The minimum Gasteiger partial charge on any atom is -0.462 e. The van der Waals surface area contributed by atoms with Gasteiger partial charge in [-0.05, 0) is 72.5 Å². The number of hydrogen-bond donors (Lipinski definition) is 2. The summed E-state index contributed by atoms with van der Waals surface area (Å²) in [4.78, 5) is 25.3. The zero-order valence-electron chi connectivity index (χ0n) is 20.3. The Morgan fingerprint density at radius 1 is 1.00 bits per heavy atom. The van der Waals surface area contributed by atoms with Crippen LogP contribution in [0.1, 0.15) is 86.0 Å². The lowest BCUT2D eigenvalue weighted by Crippen LogP contribution is -2.65. The normalized spacial score (nSPS) is 60.2. The number of fused-ring (bicyclic) bond motifs is 4. The van der Waals surface area contributed by atoms with Gasteiger partial charge < -0.3 is 14.9 Å². The third kappa shape index (κ3) is 2.11. The van der Waals surface area contributed by atoms with Crippen molar-refractivity contribution in [1.29, 1.82) is 0 Å². The fourth-order valence-electron chi connectivity index (χ4n) is 11.1. The average molecular weight is 445 g/mol. The Hall–Kier alpha value is -0.940. The van der Waals surface area contributed by atoms with Crippen LogP contribution in [0.2, 0.25) is 0 Å². The fourth-order valence-corrected chi connectivity index (χ4v) is 11.1. The van der Waals surface area contributed by atoms with Crippen LogP contribution in [0.25, 0.3) is 0 Å². The summed E-state index contributed by atoms with van der Waals surface area (Å²) in [5, 5.41) is 23.7. The van der Waals surface area contributed by atoms with E-state index in [2.05, 4.69) is 34.6 Å². The number of rotatable bonds is 0. The minimum atomic E-state index is -0.482. The van der Waals surface area contributed by atoms with Crippen molar-refractivity contribution < 1.29 is 24.5 Å². The van der Waals surface area contributed by atoms with E-state index < -0.39 is 23.0 Å². The average Bonchev–Trinajstić information content (AvgIpc) is 3.30. The summed E-state index contributed by atoms with van der Waals surface area (Å²) in [7, 11) is 0. The first-order valence-corrected chi connectivity index (χ1v) is 12.9. The number of ether oxygens (including phenoxy) is 1. The molecule has 5 heteroatoms. The van der Waals surface area contributed by atoms with Crippen LogP contribution in [0, 0.1) is 50.7 Å². The smallest absolute Gasteiger partial charge is 0.306 e. The van der Waals surface area contributed by atoms with Gasteiger partial charge in [0.05, 0.1) is 12.2 Å². The van der Waals surface area contributed by atoms with Gasteiger partial charge in [-0.15, -0.1) is 0 Å². The number of aliphatic hydroxyl groups excluding tert-OH is 2. The van der Waals surface area contributed by atoms with Crippen molar-refractivity contribution in [3.8, 4) is 0 Å². The first-order chi connectivity index (χ1) is 14.8. The van der Waals surface area contributed by atoms with Crippen molar-refractivity contribution in [1.82, 2.24) is 0 Å². The van der Waals surface area contributed by atoms with E-state index in [1.165, 1.54) is 0 Å². The number of carbonyl (C=O) groups excluding carboxylic acids is 2. The second-order valence-electron chi connectivity index (χ2n) is 13.7. The molecule has 0 amide bonds. The van der Waals surface area contributed by atoms with Crippen molar-refractivity contribution in [2.75, 3.05) is 0 Å². The fraction of sp³-hybridized carbons (Fsp3) is 0.926. The van der Waals surface area contributed by atoms with Crippen LogP contribution in [0.3, 0.4) is 0 Å². The van der Waals surface area contributed by atoms with Gasteiger partial charge in [0.25, 0.3) is 0 Å². The highest BCUT2D eigenvalue weighted by Gasteiger charge is 2.86. The maximum Gasteiger partial charge on any atom is 0.306 e. The first-order valence-electron chi connectivity index (χ1n) is 12.9. The first kappa shape index (κ1) is 21.6. The van der Waals surface area contributed by atoms with Crippen LogP contribution < -0.4 is 0 Å². The predicted molar refractivity (Wildman–Crippen MR) is 118 cm³/mol. The molecule has 32 heavy (non-hydrogen) atoms. The van der Waals surface area contributed by atoms with Crippen LogP contribution in [0.15, 0.2) is 0 Å². The third-order valence-electron chi connectivity index (χ3n) is 12.6. The molecule has 2 N–H and O–H groups in total. The number of Topliss-reactive ketones (excluding diaryl/α,β-unsaturated/α-hetero) is 1. The van der Waals surface area contributed by atoms with Crippen LogP contribution in [-0.4, -0.2) is 40.3 Å². The molecule has 1 heterocycles. The molecule has 178 valence electrons. The van der Waals surface area contributed by atoms with Crippen molar-refractivity contribution in [3.63, 3.8) is 0 Å². The number of esters is 1.